The van der Waals surface area contributed by atoms with Crippen LogP contribution in [-0.2, 0) is 4.79 Å². The van der Waals surface area contributed by atoms with Crippen LogP contribution in [0.1, 0.15) is 27.7 Å². The average molecular weight is 239 g/mol. The van der Waals surface area contributed by atoms with Crippen molar-refractivity contribution in [2.45, 2.75) is 32.9 Å². The van der Waals surface area contributed by atoms with E-state index in [-0.39, 0.29) is 17.3 Å². The molecule has 4 heteroatoms. The van der Waals surface area contributed by atoms with Crippen LogP contribution in [0.25, 0.3) is 0 Å². The zero-order valence-electron chi connectivity index (χ0n) is 10.0. The molecule has 0 spiro atoms. The van der Waals surface area contributed by atoms with Gasteiger partial charge in [0.05, 0.1) is 10.8 Å². The first kappa shape index (κ1) is 13.1. The molecule has 16 heavy (non-hydrogen) atoms. The van der Waals surface area contributed by atoms with Gasteiger partial charge in [-0.1, -0.05) is 33.8 Å². The van der Waals surface area contributed by atoms with Crippen LogP contribution in [0.3, 0.4) is 0 Å². The van der Waals surface area contributed by atoms with Crippen LogP contribution in [0.2, 0.25) is 0 Å². The molecule has 0 aromatic heterocycles. The number of nitrogens with zero attached hydrogens (tertiary/aromatic N) is 1. The molecular weight excluding hydrogens is 222 g/mol. The van der Waals surface area contributed by atoms with Crippen molar-refractivity contribution >= 4 is 17.7 Å². The van der Waals surface area contributed by atoms with E-state index >= 15 is 0 Å². The summed E-state index contributed by atoms with van der Waals surface area (Å²) in [6, 6.07) is 2.13. The molecule has 0 heterocycles. The molecule has 2 atom stereocenters. The van der Waals surface area contributed by atoms with Gasteiger partial charge in [0.25, 0.3) is 0 Å². The Morgan fingerprint density at radius 2 is 2.12 bits per heavy atom. The molecule has 0 amide bonds. The second kappa shape index (κ2) is 4.50. The van der Waals surface area contributed by atoms with Crippen LogP contribution in [0.4, 0.5) is 0 Å². The van der Waals surface area contributed by atoms with Gasteiger partial charge in [-0.15, -0.1) is 11.8 Å². The summed E-state index contributed by atoms with van der Waals surface area (Å²) in [6.07, 6.45) is 1.82. The summed E-state index contributed by atoms with van der Waals surface area (Å²) in [5.74, 6) is -1.12. The van der Waals surface area contributed by atoms with Gasteiger partial charge in [0.15, 0.2) is 0 Å². The fourth-order valence-corrected chi connectivity index (χ4v) is 2.77. The van der Waals surface area contributed by atoms with Gasteiger partial charge in [0, 0.05) is 5.25 Å². The van der Waals surface area contributed by atoms with Gasteiger partial charge in [-0.25, -0.2) is 0 Å². The Hall–Kier alpha value is -0.950. The Labute approximate surface area is 101 Å². The molecule has 0 unspecified atom stereocenters. The van der Waals surface area contributed by atoms with Crippen LogP contribution in [0, 0.1) is 28.6 Å². The summed E-state index contributed by atoms with van der Waals surface area (Å²) >= 11 is 1.49. The number of carboxylic acids is 1. The quantitative estimate of drug-likeness (QED) is 0.766. The standard InChI is InChI=1S/C12H17NO2S/c1-7(2)16-8(6-13)5-9-10(11(14)15)12(9,3)4/h5,7,9-10H,1-4H3,(H,14,15)/b8-5+/t9-,10+/m1/s1. The Kier molecular flexibility index (Phi) is 3.69. The molecule has 0 aliphatic heterocycles. The summed E-state index contributed by atoms with van der Waals surface area (Å²) in [5.41, 5.74) is -0.217. The third-order valence-electron chi connectivity index (χ3n) is 2.98. The third-order valence-corrected chi connectivity index (χ3v) is 3.93. The number of nitriles is 1. The maximum atomic E-state index is 11.0. The molecule has 0 saturated heterocycles. The first-order chi connectivity index (χ1) is 7.30. The zero-order valence-corrected chi connectivity index (χ0v) is 10.8. The summed E-state index contributed by atoms with van der Waals surface area (Å²) in [5, 5.41) is 18.3. The number of allylic oxidation sites excluding steroid dienone is 2. The Balaban J connectivity index is 2.78. The normalized spacial score (nSPS) is 27.6. The summed E-state index contributed by atoms with van der Waals surface area (Å²) in [7, 11) is 0. The lowest BCUT2D eigenvalue weighted by Gasteiger charge is -2.02. The monoisotopic (exact) mass is 239 g/mol. The Bertz CT molecular complexity index is 366. The van der Waals surface area contributed by atoms with E-state index in [0.717, 1.165) is 0 Å². The molecule has 88 valence electrons. The van der Waals surface area contributed by atoms with E-state index in [1.807, 2.05) is 33.8 Å². The molecule has 3 nitrogen and oxygen atoms in total. The molecule has 1 saturated carbocycles. The Morgan fingerprint density at radius 3 is 2.44 bits per heavy atom. The van der Waals surface area contributed by atoms with E-state index in [9.17, 15) is 4.79 Å². The maximum Gasteiger partial charge on any atom is 0.307 e. The van der Waals surface area contributed by atoms with Crippen molar-refractivity contribution in [1.29, 1.82) is 5.26 Å². The van der Waals surface area contributed by atoms with E-state index in [0.29, 0.717) is 10.2 Å². The maximum absolute atomic E-state index is 11.0. The molecule has 1 fully saturated rings. The minimum atomic E-state index is -0.766. The van der Waals surface area contributed by atoms with Crippen LogP contribution >= 0.6 is 11.8 Å². The number of thioether (sulfide) groups is 1. The van der Waals surface area contributed by atoms with Crippen molar-refractivity contribution < 1.29 is 9.90 Å². The van der Waals surface area contributed by atoms with Crippen LogP contribution in [-0.4, -0.2) is 16.3 Å². The third kappa shape index (κ3) is 2.59. The lowest BCUT2D eigenvalue weighted by Crippen LogP contribution is -2.03. The number of hydrogen-bond donors (Lipinski definition) is 1. The second-order valence-electron chi connectivity index (χ2n) is 4.97. The predicted octanol–water partition coefficient (Wildman–Crippen LogP) is 2.89. The van der Waals surface area contributed by atoms with Crippen molar-refractivity contribution in [3.63, 3.8) is 0 Å². The summed E-state index contributed by atoms with van der Waals surface area (Å²) < 4.78 is 0. The number of aliphatic carboxylic acids is 1. The van der Waals surface area contributed by atoms with Crippen LogP contribution < -0.4 is 0 Å². The number of carbonyl (C=O) groups is 1. The molecular formula is C12H17NO2S. The Morgan fingerprint density at radius 1 is 1.56 bits per heavy atom. The average Bonchev–Trinajstić information content (AvgIpc) is 2.66. The molecule has 1 aliphatic rings. The first-order valence-corrected chi connectivity index (χ1v) is 6.20. The number of carboxylic acid groups (broad SMARTS) is 1. The molecule has 0 aromatic carbocycles. The van der Waals surface area contributed by atoms with Crippen molar-refractivity contribution in [3.8, 4) is 6.07 Å². The predicted molar refractivity (Wildman–Crippen MR) is 64.8 cm³/mol. The lowest BCUT2D eigenvalue weighted by atomic mass is 10.1. The highest BCUT2D eigenvalue weighted by atomic mass is 32.2. The molecule has 1 aliphatic carbocycles. The minimum Gasteiger partial charge on any atom is -0.481 e. The number of rotatable bonds is 4. The molecule has 0 bridgehead atoms. The van der Waals surface area contributed by atoms with Gasteiger partial charge in [-0.2, -0.15) is 5.26 Å². The highest BCUT2D eigenvalue weighted by molar-refractivity contribution is 8.03. The van der Waals surface area contributed by atoms with Crippen molar-refractivity contribution in [2.24, 2.45) is 17.3 Å². The fourth-order valence-electron chi connectivity index (χ4n) is 1.98. The molecule has 0 radical (unpaired) electrons. The van der Waals surface area contributed by atoms with Gasteiger partial charge in [0.2, 0.25) is 0 Å². The van der Waals surface area contributed by atoms with Gasteiger partial charge in [0.1, 0.15) is 6.07 Å². The SMILES string of the molecule is CC(C)S/C(C#N)=C/[C@@H]1[C@@H](C(=O)O)C1(C)C. The van der Waals surface area contributed by atoms with E-state index in [1.54, 1.807) is 0 Å². The largest absolute Gasteiger partial charge is 0.481 e. The highest BCUT2D eigenvalue weighted by Gasteiger charge is 2.61. The molecule has 1 rings (SSSR count). The molecule has 1 N–H and O–H groups in total. The van der Waals surface area contributed by atoms with Gasteiger partial charge in [-0.3, -0.25) is 4.79 Å². The second-order valence-corrected chi connectivity index (χ2v) is 6.59. The number of hydrogen-bond acceptors (Lipinski definition) is 3. The van der Waals surface area contributed by atoms with E-state index in [2.05, 4.69) is 6.07 Å². The lowest BCUT2D eigenvalue weighted by molar-refractivity contribution is -0.139. The van der Waals surface area contributed by atoms with Crippen molar-refractivity contribution in [1.82, 2.24) is 0 Å². The summed E-state index contributed by atoms with van der Waals surface area (Å²) in [6.45, 7) is 7.90. The van der Waals surface area contributed by atoms with E-state index in [4.69, 9.17) is 10.4 Å². The zero-order chi connectivity index (χ0) is 12.5. The smallest absolute Gasteiger partial charge is 0.307 e. The first-order valence-electron chi connectivity index (χ1n) is 5.32. The van der Waals surface area contributed by atoms with Crippen LogP contribution in [0.5, 0.6) is 0 Å². The van der Waals surface area contributed by atoms with Crippen molar-refractivity contribution in [2.75, 3.05) is 0 Å². The summed E-state index contributed by atoms with van der Waals surface area (Å²) in [4.78, 5) is 11.6. The fraction of sp³-hybridized carbons (Fsp3) is 0.667. The van der Waals surface area contributed by atoms with Gasteiger partial charge < -0.3 is 5.11 Å². The minimum absolute atomic E-state index is 0.00843. The molecule has 0 aromatic rings. The highest BCUT2D eigenvalue weighted by Crippen LogP contribution is 2.59. The van der Waals surface area contributed by atoms with Gasteiger partial charge >= 0.3 is 5.97 Å². The topological polar surface area (TPSA) is 61.1 Å². The van der Waals surface area contributed by atoms with Crippen LogP contribution in [0.15, 0.2) is 11.0 Å². The van der Waals surface area contributed by atoms with E-state index < -0.39 is 5.97 Å². The van der Waals surface area contributed by atoms with Gasteiger partial charge in [-0.05, 0) is 11.3 Å². The van der Waals surface area contributed by atoms with E-state index in [1.165, 1.54) is 11.8 Å². The van der Waals surface area contributed by atoms with Crippen molar-refractivity contribution in [3.05, 3.63) is 11.0 Å².